The van der Waals surface area contributed by atoms with E-state index in [9.17, 15) is 0 Å². The molecular weight excluding hydrogens is 629 g/mol. The van der Waals surface area contributed by atoms with Gasteiger partial charge in [0.1, 0.15) is 0 Å². The molecule has 0 bridgehead atoms. The van der Waals surface area contributed by atoms with Crippen LogP contribution in [0.4, 0.5) is 0 Å². The van der Waals surface area contributed by atoms with Gasteiger partial charge in [-0.1, -0.05) is 72.8 Å². The second kappa shape index (κ2) is 9.99. The Morgan fingerprint density at radius 3 is 1.00 bits per heavy atom. The summed E-state index contributed by atoms with van der Waals surface area (Å²) in [5.74, 6) is 0. The molecule has 2 aliphatic carbocycles. The zero-order valence-corrected chi connectivity index (χ0v) is 28.8. The van der Waals surface area contributed by atoms with E-state index < -0.39 is 0 Å². The molecule has 0 radical (unpaired) electrons. The summed E-state index contributed by atoms with van der Waals surface area (Å²) in [5.41, 5.74) is 17.8. The smallest absolute Gasteiger partial charge is 0.0303 e. The minimum absolute atomic E-state index is 1.17. The maximum Gasteiger partial charge on any atom is 0.0303 e. The molecule has 10 aromatic rings. The molecule has 0 unspecified atom stereocenters. The minimum atomic E-state index is 1.17. The van der Waals surface area contributed by atoms with Gasteiger partial charge in [0.25, 0.3) is 0 Å². The topological polar surface area (TPSA) is 25.8 Å². The number of rotatable bonds is 2. The Balaban J connectivity index is 1.29. The van der Waals surface area contributed by atoms with E-state index in [1.807, 2.05) is 24.8 Å². The zero-order chi connectivity index (χ0) is 34.2. The molecule has 8 aromatic carbocycles. The summed E-state index contributed by atoms with van der Waals surface area (Å²) in [6, 6.07) is 46.1. The van der Waals surface area contributed by atoms with Crippen LogP contribution in [0.15, 0.2) is 146 Å². The van der Waals surface area contributed by atoms with Gasteiger partial charge in [-0.3, -0.25) is 9.97 Å². The number of aryl methyl sites for hydroxylation is 2. The summed E-state index contributed by atoms with van der Waals surface area (Å²) in [4.78, 5) is 9.00. The van der Waals surface area contributed by atoms with Crippen LogP contribution in [0.3, 0.4) is 0 Å². The van der Waals surface area contributed by atoms with Gasteiger partial charge < -0.3 is 0 Å². The van der Waals surface area contributed by atoms with E-state index in [4.69, 9.17) is 0 Å². The standard InChI is InChI=1S/C50H30N2/c1-27-25-51-17-15-31(27)37-19-45-46(47-23-41-35-13-5-9-29-7-3-11-33(49(29)35)39(41)21-43(37)47)20-38(32-16-18-52-26-28(32)2)44-22-40-34-12-4-8-30-10-6-14-36(50(30)34)42(40)24-48(44)45/h3-26H,1-2H3. The van der Waals surface area contributed by atoms with Gasteiger partial charge in [0.2, 0.25) is 0 Å². The summed E-state index contributed by atoms with van der Waals surface area (Å²) in [6.07, 6.45) is 7.85. The highest BCUT2D eigenvalue weighted by Gasteiger charge is 2.27. The van der Waals surface area contributed by atoms with Crippen LogP contribution in [0.5, 0.6) is 0 Å². The third-order valence-corrected chi connectivity index (χ3v) is 11.9. The van der Waals surface area contributed by atoms with Gasteiger partial charge in [-0.15, -0.1) is 0 Å². The first-order valence-electron chi connectivity index (χ1n) is 18.0. The Hall–Kier alpha value is -6.64. The monoisotopic (exact) mass is 658 g/mol. The van der Waals surface area contributed by atoms with Crippen LogP contribution in [-0.2, 0) is 0 Å². The molecule has 0 aliphatic heterocycles. The highest BCUT2D eigenvalue weighted by molar-refractivity contribution is 6.29. The van der Waals surface area contributed by atoms with Gasteiger partial charge in [0.15, 0.2) is 0 Å². The Morgan fingerprint density at radius 1 is 0.308 bits per heavy atom. The summed E-state index contributed by atoms with van der Waals surface area (Å²) in [5, 5.41) is 12.9. The molecule has 2 heteroatoms. The van der Waals surface area contributed by atoms with Gasteiger partial charge in [0.05, 0.1) is 0 Å². The molecule has 0 fully saturated rings. The Morgan fingerprint density at radius 2 is 0.635 bits per heavy atom. The van der Waals surface area contributed by atoms with Crippen LogP contribution < -0.4 is 0 Å². The van der Waals surface area contributed by atoms with Crippen molar-refractivity contribution < 1.29 is 0 Å². The lowest BCUT2D eigenvalue weighted by molar-refractivity contribution is 1.27. The van der Waals surface area contributed by atoms with Gasteiger partial charge in [0, 0.05) is 24.8 Å². The number of hydrogen-bond donors (Lipinski definition) is 0. The lowest BCUT2D eigenvalue weighted by atomic mass is 9.84. The second-order valence-corrected chi connectivity index (χ2v) is 14.6. The number of pyridine rings is 2. The van der Waals surface area contributed by atoms with E-state index in [1.165, 1.54) is 132 Å². The molecule has 0 N–H and O–H groups in total. The fourth-order valence-electron chi connectivity index (χ4n) is 9.60. The SMILES string of the molecule is Cc1cnccc1-c1cc2c3cc4c(cc3c(-c3ccncc3C)cc2c2cc3c(cc12)-c1cccc2cccc-3c12)-c1cccc2cccc-4c12. The normalized spacial score (nSPS) is 12.4. The third-order valence-electron chi connectivity index (χ3n) is 11.9. The van der Waals surface area contributed by atoms with Crippen molar-refractivity contribution in [3.05, 3.63) is 157 Å². The van der Waals surface area contributed by atoms with Crippen LogP contribution in [0.1, 0.15) is 11.1 Å². The van der Waals surface area contributed by atoms with Crippen LogP contribution >= 0.6 is 0 Å². The van der Waals surface area contributed by atoms with Crippen molar-refractivity contribution in [1.29, 1.82) is 0 Å². The average Bonchev–Trinajstić information content (AvgIpc) is 3.67. The Kier molecular flexibility index (Phi) is 5.40. The van der Waals surface area contributed by atoms with Gasteiger partial charge >= 0.3 is 0 Å². The van der Waals surface area contributed by atoms with Crippen LogP contribution in [0, 0.1) is 13.8 Å². The van der Waals surface area contributed by atoms with Crippen molar-refractivity contribution in [2.75, 3.05) is 0 Å². The first kappa shape index (κ1) is 28.1. The average molecular weight is 659 g/mol. The van der Waals surface area contributed by atoms with Crippen LogP contribution in [0.2, 0.25) is 0 Å². The molecule has 2 aromatic heterocycles. The summed E-state index contributed by atoms with van der Waals surface area (Å²) in [7, 11) is 0. The van der Waals surface area contributed by atoms with Crippen molar-refractivity contribution in [2.24, 2.45) is 0 Å². The molecule has 2 heterocycles. The lowest BCUT2D eigenvalue weighted by Crippen LogP contribution is -1.93. The first-order chi connectivity index (χ1) is 25.6. The highest BCUT2D eigenvalue weighted by Crippen LogP contribution is 2.54. The molecule has 2 aliphatic rings. The zero-order valence-electron chi connectivity index (χ0n) is 28.8. The fourth-order valence-corrected chi connectivity index (χ4v) is 9.60. The predicted octanol–water partition coefficient (Wildman–Crippen LogP) is 13.5. The van der Waals surface area contributed by atoms with E-state index >= 15 is 0 Å². The molecule has 0 atom stereocenters. The summed E-state index contributed by atoms with van der Waals surface area (Å²) < 4.78 is 0. The first-order valence-corrected chi connectivity index (χ1v) is 18.0. The quantitative estimate of drug-likeness (QED) is 0.173. The van der Waals surface area contributed by atoms with E-state index in [0.717, 1.165) is 0 Å². The summed E-state index contributed by atoms with van der Waals surface area (Å²) >= 11 is 0. The fraction of sp³-hybridized carbons (Fsp3) is 0.0400. The number of nitrogens with zero attached hydrogens (tertiary/aromatic N) is 2. The van der Waals surface area contributed by atoms with Gasteiger partial charge in [-0.25, -0.2) is 0 Å². The number of hydrogen-bond acceptors (Lipinski definition) is 2. The highest BCUT2D eigenvalue weighted by atomic mass is 14.6. The van der Waals surface area contributed by atoms with Crippen molar-refractivity contribution in [1.82, 2.24) is 9.97 Å². The van der Waals surface area contributed by atoms with Gasteiger partial charge in [-0.05, 0) is 194 Å². The van der Waals surface area contributed by atoms with Crippen molar-refractivity contribution in [2.45, 2.75) is 13.8 Å². The molecule has 0 amide bonds. The number of aromatic nitrogens is 2. The van der Waals surface area contributed by atoms with E-state index in [2.05, 4.69) is 145 Å². The number of fused-ring (bicyclic) bond motifs is 11. The predicted molar refractivity (Wildman–Crippen MR) is 219 cm³/mol. The van der Waals surface area contributed by atoms with E-state index in [1.54, 1.807) is 0 Å². The van der Waals surface area contributed by atoms with Crippen molar-refractivity contribution >= 4 is 53.9 Å². The Bertz CT molecular complexity index is 3030. The summed E-state index contributed by atoms with van der Waals surface area (Å²) in [6.45, 7) is 4.36. The molecule has 0 saturated carbocycles. The molecule has 240 valence electrons. The molecule has 12 rings (SSSR count). The second-order valence-electron chi connectivity index (χ2n) is 14.6. The molecular formula is C50H30N2. The molecule has 2 nitrogen and oxygen atoms in total. The van der Waals surface area contributed by atoms with Crippen molar-refractivity contribution in [3.8, 4) is 66.8 Å². The largest absolute Gasteiger partial charge is 0.264 e. The lowest BCUT2D eigenvalue weighted by Gasteiger charge is -2.19. The molecule has 52 heavy (non-hydrogen) atoms. The van der Waals surface area contributed by atoms with Crippen LogP contribution in [0.25, 0.3) is 121 Å². The maximum absolute atomic E-state index is 4.50. The van der Waals surface area contributed by atoms with Crippen LogP contribution in [-0.4, -0.2) is 9.97 Å². The molecule has 0 saturated heterocycles. The number of benzene rings is 8. The molecule has 0 spiro atoms. The third kappa shape index (κ3) is 3.58. The van der Waals surface area contributed by atoms with Gasteiger partial charge in [-0.2, -0.15) is 0 Å². The maximum atomic E-state index is 4.50. The van der Waals surface area contributed by atoms with E-state index in [-0.39, 0.29) is 0 Å². The van der Waals surface area contributed by atoms with Crippen molar-refractivity contribution in [3.63, 3.8) is 0 Å². The minimum Gasteiger partial charge on any atom is -0.264 e. The Labute approximate surface area is 300 Å². The van der Waals surface area contributed by atoms with E-state index in [0.29, 0.717) is 0 Å².